The molecule has 1 aliphatic carbocycles. The molecule has 264 valence electrons. The summed E-state index contributed by atoms with van der Waals surface area (Å²) in [6.07, 6.45) is 3.34. The van der Waals surface area contributed by atoms with Gasteiger partial charge in [-0.25, -0.2) is 14.4 Å². The molecule has 5 rings (SSSR count). The number of aromatic nitrogens is 1. The Labute approximate surface area is 286 Å². The average molecular weight is 678 g/mol. The first-order valence-corrected chi connectivity index (χ1v) is 17.0. The van der Waals surface area contributed by atoms with E-state index >= 15 is 0 Å². The first-order chi connectivity index (χ1) is 23.2. The number of carbonyl (C=O) groups is 5. The predicted octanol–water partition coefficient (Wildman–Crippen LogP) is 4.52. The van der Waals surface area contributed by atoms with Crippen LogP contribution in [0.3, 0.4) is 0 Å². The van der Waals surface area contributed by atoms with Gasteiger partial charge in [0.05, 0.1) is 30.8 Å². The molecule has 2 aliphatic heterocycles. The highest BCUT2D eigenvalue weighted by atomic mass is 16.6. The topological polar surface area (TPSA) is 167 Å². The number of alkyl carbamates (subject to hydrolysis) is 1. The third kappa shape index (κ3) is 8.49. The van der Waals surface area contributed by atoms with Gasteiger partial charge in [0, 0.05) is 17.7 Å². The molecular formula is C36H47N5O8. The molecule has 2 fully saturated rings. The Hall–Kier alpha value is -4.68. The van der Waals surface area contributed by atoms with Crippen LogP contribution in [-0.4, -0.2) is 86.2 Å². The molecule has 4 amide bonds. The van der Waals surface area contributed by atoms with Crippen molar-refractivity contribution in [3.63, 3.8) is 0 Å². The number of aliphatic carboxylic acids is 1. The number of carboxylic acids is 1. The van der Waals surface area contributed by atoms with E-state index in [0.717, 1.165) is 41.4 Å². The molecule has 1 aromatic heterocycles. The maximum absolute atomic E-state index is 14.4. The van der Waals surface area contributed by atoms with Crippen molar-refractivity contribution in [1.29, 1.82) is 0 Å². The lowest BCUT2D eigenvalue weighted by Gasteiger charge is -2.35. The van der Waals surface area contributed by atoms with Crippen LogP contribution in [0.2, 0.25) is 0 Å². The zero-order valence-corrected chi connectivity index (χ0v) is 28.6. The minimum atomic E-state index is -1.29. The summed E-state index contributed by atoms with van der Waals surface area (Å²) in [6.45, 7) is 10.9. The monoisotopic (exact) mass is 677 g/mol. The van der Waals surface area contributed by atoms with Crippen molar-refractivity contribution in [3.05, 3.63) is 54.2 Å². The second kappa shape index (κ2) is 14.8. The molecule has 2 aromatic rings. The molecule has 3 N–H and O–H groups in total. The molecule has 5 atom stereocenters. The zero-order valence-electron chi connectivity index (χ0n) is 28.6. The van der Waals surface area contributed by atoms with Crippen LogP contribution in [0.15, 0.2) is 43.0 Å². The average Bonchev–Trinajstić information content (AvgIpc) is 3.68. The van der Waals surface area contributed by atoms with E-state index in [-0.39, 0.29) is 25.4 Å². The Bertz CT molecular complexity index is 1550. The summed E-state index contributed by atoms with van der Waals surface area (Å²) in [5.41, 5.74) is 1.71. The fraction of sp³-hybridized carbons (Fsp3) is 0.556. The van der Waals surface area contributed by atoms with Crippen molar-refractivity contribution in [3.8, 4) is 0 Å². The van der Waals surface area contributed by atoms with Crippen LogP contribution in [0.25, 0.3) is 10.9 Å². The molecule has 1 saturated carbocycles. The van der Waals surface area contributed by atoms with E-state index in [9.17, 15) is 29.1 Å². The molecule has 1 aromatic carbocycles. The number of rotatable bonds is 9. The number of nitrogens with zero attached hydrogens (tertiary/aromatic N) is 3. The number of carboxylic acid groups (broad SMARTS) is 1. The van der Waals surface area contributed by atoms with Crippen LogP contribution in [0.1, 0.15) is 77.5 Å². The summed E-state index contributed by atoms with van der Waals surface area (Å²) >= 11 is 0. The Morgan fingerprint density at radius 1 is 1.06 bits per heavy atom. The summed E-state index contributed by atoms with van der Waals surface area (Å²) in [5, 5.41) is 16.1. The second-order valence-corrected chi connectivity index (χ2v) is 14.3. The molecule has 13 nitrogen and oxygen atoms in total. The lowest BCUT2D eigenvalue weighted by Crippen LogP contribution is -2.58. The minimum Gasteiger partial charge on any atom is -0.480 e. The van der Waals surface area contributed by atoms with Crippen LogP contribution < -0.4 is 10.6 Å². The number of hydrogen-bond acceptors (Lipinski definition) is 8. The number of fused-ring (bicyclic) bond motifs is 2. The van der Waals surface area contributed by atoms with Crippen LogP contribution in [-0.2, 0) is 36.9 Å². The van der Waals surface area contributed by atoms with Crippen LogP contribution in [0, 0.1) is 11.8 Å². The van der Waals surface area contributed by atoms with E-state index in [2.05, 4.69) is 17.2 Å². The largest absolute Gasteiger partial charge is 0.480 e. The summed E-state index contributed by atoms with van der Waals surface area (Å²) in [7, 11) is 0. The summed E-state index contributed by atoms with van der Waals surface area (Å²) in [6, 6.07) is 6.28. The molecular weight excluding hydrogens is 630 g/mol. The number of hydrogen-bond donors (Lipinski definition) is 3. The lowest BCUT2D eigenvalue weighted by atomic mass is 9.83. The predicted molar refractivity (Wildman–Crippen MR) is 180 cm³/mol. The molecule has 49 heavy (non-hydrogen) atoms. The van der Waals surface area contributed by atoms with E-state index in [0.29, 0.717) is 19.4 Å². The van der Waals surface area contributed by atoms with Gasteiger partial charge in [0.15, 0.2) is 0 Å². The van der Waals surface area contributed by atoms with Gasteiger partial charge in [-0.15, -0.1) is 6.58 Å². The van der Waals surface area contributed by atoms with Gasteiger partial charge < -0.3 is 30.1 Å². The molecule has 1 saturated heterocycles. The normalized spacial score (nSPS) is 21.3. The van der Waals surface area contributed by atoms with Gasteiger partial charge in [0.25, 0.3) is 0 Å². The Kier molecular flexibility index (Phi) is 10.8. The third-order valence-corrected chi connectivity index (χ3v) is 9.49. The van der Waals surface area contributed by atoms with Crippen molar-refractivity contribution < 1.29 is 38.6 Å². The number of carbonyl (C=O) groups excluding carboxylic acids is 4. The zero-order chi connectivity index (χ0) is 35.5. The summed E-state index contributed by atoms with van der Waals surface area (Å²) < 4.78 is 11.4. The van der Waals surface area contributed by atoms with Gasteiger partial charge in [0.1, 0.15) is 29.8 Å². The fourth-order valence-corrected chi connectivity index (χ4v) is 6.90. The summed E-state index contributed by atoms with van der Waals surface area (Å²) in [4.78, 5) is 74.2. The van der Waals surface area contributed by atoms with Crippen molar-refractivity contribution in [2.24, 2.45) is 11.8 Å². The number of benzene rings is 1. The highest BCUT2D eigenvalue weighted by Gasteiger charge is 2.47. The standard InChI is InChI=1S/C36H47N5O8/c1-6-21(2)29(33(44)45)38-31(42)28-17-25(48-35(47)40-18-24-16-23-14-10-11-15-26(23)37-27(24)20-40)19-41(28)32(43)30(22-12-8-7-9-13-22)39-34(46)49-36(3,4)5/h6,10-11,14-16,21-22,25,28-30H,1,7-9,12-13,17-20H2,2-5H3,(H,38,42)(H,39,46)(H,44,45)/t21-,25+,28-,29+,30-/m0/s1. The van der Waals surface area contributed by atoms with Crippen LogP contribution in [0.5, 0.6) is 0 Å². The first kappa shape index (κ1) is 35.6. The number of amides is 4. The number of pyridine rings is 1. The van der Waals surface area contributed by atoms with Gasteiger partial charge in [-0.3, -0.25) is 19.5 Å². The minimum absolute atomic E-state index is 0.0507. The van der Waals surface area contributed by atoms with E-state index in [4.69, 9.17) is 14.5 Å². The third-order valence-electron chi connectivity index (χ3n) is 9.49. The van der Waals surface area contributed by atoms with Crippen molar-refractivity contribution in [2.75, 3.05) is 6.54 Å². The molecule has 0 radical (unpaired) electrons. The second-order valence-electron chi connectivity index (χ2n) is 14.3. The molecule has 0 spiro atoms. The SMILES string of the molecule is C=C[C@H](C)[C@@H](NC(=O)[C@@H]1C[C@@H](OC(=O)N2Cc3cc4ccccc4nc3C2)CN1C(=O)[C@@H](NC(=O)OC(C)(C)C)C1CCCCC1)C(=O)O. The molecule has 0 bridgehead atoms. The van der Waals surface area contributed by atoms with Crippen molar-refractivity contribution in [1.82, 2.24) is 25.4 Å². The van der Waals surface area contributed by atoms with Crippen molar-refractivity contribution >= 4 is 40.9 Å². The van der Waals surface area contributed by atoms with E-state index in [1.807, 2.05) is 30.3 Å². The number of nitrogens with one attached hydrogen (secondary N) is 2. The Morgan fingerprint density at radius 3 is 2.45 bits per heavy atom. The van der Waals surface area contributed by atoms with Gasteiger partial charge in [0.2, 0.25) is 11.8 Å². The molecule has 3 aliphatic rings. The summed E-state index contributed by atoms with van der Waals surface area (Å²) in [5.74, 6) is -3.26. The fourth-order valence-electron chi connectivity index (χ4n) is 6.90. The Morgan fingerprint density at radius 2 is 1.78 bits per heavy atom. The lowest BCUT2D eigenvalue weighted by molar-refractivity contribution is -0.145. The van der Waals surface area contributed by atoms with Gasteiger partial charge in [-0.2, -0.15) is 0 Å². The van der Waals surface area contributed by atoms with Gasteiger partial charge in [-0.1, -0.05) is 50.5 Å². The van der Waals surface area contributed by atoms with Crippen molar-refractivity contribution in [2.45, 2.75) is 109 Å². The molecule has 0 unspecified atom stereocenters. The van der Waals surface area contributed by atoms with E-state index in [1.165, 1.54) is 15.9 Å². The number of ether oxygens (including phenoxy) is 2. The first-order valence-electron chi connectivity index (χ1n) is 17.0. The maximum Gasteiger partial charge on any atom is 0.410 e. The van der Waals surface area contributed by atoms with Crippen LogP contribution in [0.4, 0.5) is 9.59 Å². The van der Waals surface area contributed by atoms with Gasteiger partial charge >= 0.3 is 18.2 Å². The smallest absolute Gasteiger partial charge is 0.410 e. The maximum atomic E-state index is 14.4. The Balaban J connectivity index is 1.37. The number of para-hydroxylation sites is 1. The van der Waals surface area contributed by atoms with E-state index < -0.39 is 65.7 Å². The highest BCUT2D eigenvalue weighted by Crippen LogP contribution is 2.32. The number of likely N-dealkylation sites (tertiary alicyclic amines) is 1. The molecule has 13 heteroatoms. The van der Waals surface area contributed by atoms with Crippen LogP contribution >= 0.6 is 0 Å². The van der Waals surface area contributed by atoms with E-state index in [1.54, 1.807) is 27.7 Å². The quantitative estimate of drug-likeness (QED) is 0.323. The van der Waals surface area contributed by atoms with Gasteiger partial charge in [-0.05, 0) is 57.2 Å². The highest BCUT2D eigenvalue weighted by molar-refractivity contribution is 5.94. The molecule has 3 heterocycles.